The van der Waals surface area contributed by atoms with E-state index in [0.29, 0.717) is 17.4 Å². The molecule has 0 fully saturated rings. The zero-order valence-corrected chi connectivity index (χ0v) is 6.40. The average Bonchev–Trinajstić information content (AvgIpc) is 2.58. The lowest BCUT2D eigenvalue weighted by molar-refractivity contribution is 0.0691. The molecule has 0 saturated carbocycles. The molecule has 2 aromatic rings. The van der Waals surface area contributed by atoms with Gasteiger partial charge in [0.05, 0.1) is 0 Å². The van der Waals surface area contributed by atoms with Crippen molar-refractivity contribution in [2.45, 2.75) is 0 Å². The second-order valence-electron chi connectivity index (χ2n) is 2.54. The van der Waals surface area contributed by atoms with E-state index in [9.17, 15) is 9.59 Å². The van der Waals surface area contributed by atoms with Crippen LogP contribution < -0.4 is 0 Å². The van der Waals surface area contributed by atoms with Gasteiger partial charge in [-0.25, -0.2) is 4.79 Å². The second kappa shape index (κ2) is 2.48. The Balaban J connectivity index is 2.60. The third kappa shape index (κ3) is 1.10. The first kappa shape index (κ1) is 7.60. The van der Waals surface area contributed by atoms with E-state index in [-0.39, 0.29) is 11.5 Å². The Bertz CT molecular complexity index is 448. The van der Waals surface area contributed by atoms with Crippen LogP contribution in [0, 0.1) is 0 Å². The number of carboxylic acids is 1. The predicted octanol–water partition coefficient (Wildman–Crippen LogP) is 1.27. The Kier molecular flexibility index (Phi) is 1.45. The van der Waals surface area contributed by atoms with E-state index in [0.717, 1.165) is 0 Å². The van der Waals surface area contributed by atoms with E-state index in [4.69, 9.17) is 9.52 Å². The van der Waals surface area contributed by atoms with Crippen LogP contribution in [0.1, 0.15) is 21.0 Å². The van der Waals surface area contributed by atoms with Crippen molar-refractivity contribution in [1.29, 1.82) is 0 Å². The fourth-order valence-corrected chi connectivity index (χ4v) is 1.12. The van der Waals surface area contributed by atoms with Gasteiger partial charge in [-0.15, -0.1) is 0 Å². The molecular weight excluding hydrogens is 174 g/mol. The molecule has 5 nitrogen and oxygen atoms in total. The van der Waals surface area contributed by atoms with Crippen LogP contribution in [-0.4, -0.2) is 22.3 Å². The van der Waals surface area contributed by atoms with Gasteiger partial charge in [0, 0.05) is 5.39 Å². The maximum absolute atomic E-state index is 10.5. The van der Waals surface area contributed by atoms with Crippen molar-refractivity contribution in [1.82, 2.24) is 4.98 Å². The van der Waals surface area contributed by atoms with E-state index in [1.54, 1.807) is 0 Å². The Hall–Kier alpha value is -2.04. The number of carboxylic acid groups (broad SMARTS) is 1. The molecule has 2 N–H and O–H groups in total. The van der Waals surface area contributed by atoms with Gasteiger partial charge < -0.3 is 14.5 Å². The third-order valence-corrected chi connectivity index (χ3v) is 1.67. The smallest absolute Gasteiger partial charge is 0.352 e. The first-order valence-electron chi connectivity index (χ1n) is 3.52. The Morgan fingerprint density at radius 2 is 2.31 bits per heavy atom. The Labute approximate surface area is 72.0 Å². The number of furan rings is 1. The molecule has 66 valence electrons. The molecule has 0 amide bonds. The van der Waals surface area contributed by atoms with Crippen molar-refractivity contribution < 1.29 is 19.1 Å². The van der Waals surface area contributed by atoms with Crippen molar-refractivity contribution >= 4 is 23.4 Å². The van der Waals surface area contributed by atoms with Crippen molar-refractivity contribution in [2.24, 2.45) is 0 Å². The minimum Gasteiger partial charge on any atom is -0.477 e. The molecule has 0 aliphatic rings. The molecule has 0 aliphatic heterocycles. The summed E-state index contributed by atoms with van der Waals surface area (Å²) in [6, 6.07) is 2.89. The fourth-order valence-electron chi connectivity index (χ4n) is 1.12. The first-order valence-corrected chi connectivity index (χ1v) is 3.52. The van der Waals surface area contributed by atoms with Gasteiger partial charge >= 0.3 is 5.97 Å². The molecule has 0 saturated heterocycles. The highest BCUT2D eigenvalue weighted by Crippen LogP contribution is 2.18. The van der Waals surface area contributed by atoms with Gasteiger partial charge in [-0.1, -0.05) is 0 Å². The summed E-state index contributed by atoms with van der Waals surface area (Å²) in [7, 11) is 0. The summed E-state index contributed by atoms with van der Waals surface area (Å²) in [4.78, 5) is 23.3. The summed E-state index contributed by atoms with van der Waals surface area (Å²) in [5.41, 5.74) is 0.352. The molecular formula is C8H5NO4. The second-order valence-corrected chi connectivity index (χ2v) is 2.54. The van der Waals surface area contributed by atoms with E-state index in [1.165, 1.54) is 12.1 Å². The molecule has 5 heteroatoms. The summed E-state index contributed by atoms with van der Waals surface area (Å²) in [6.45, 7) is 0. The maximum Gasteiger partial charge on any atom is 0.352 e. The van der Waals surface area contributed by atoms with Crippen molar-refractivity contribution in [2.75, 3.05) is 0 Å². The number of aldehydes is 1. The minimum atomic E-state index is -1.06. The number of H-pyrrole nitrogens is 1. The lowest BCUT2D eigenvalue weighted by atomic mass is 10.3. The van der Waals surface area contributed by atoms with Gasteiger partial charge in [0.1, 0.15) is 5.69 Å². The molecule has 2 aromatic heterocycles. The summed E-state index contributed by atoms with van der Waals surface area (Å²) >= 11 is 0. The number of aromatic nitrogens is 1. The lowest BCUT2D eigenvalue weighted by Gasteiger charge is -1.83. The zero-order chi connectivity index (χ0) is 9.42. The molecule has 0 spiro atoms. The van der Waals surface area contributed by atoms with Crippen LogP contribution in [0.4, 0.5) is 0 Å². The minimum absolute atomic E-state index is 0.0474. The third-order valence-electron chi connectivity index (χ3n) is 1.67. The quantitative estimate of drug-likeness (QED) is 0.680. The Morgan fingerprint density at radius 1 is 1.54 bits per heavy atom. The lowest BCUT2D eigenvalue weighted by Crippen LogP contribution is -1.94. The SMILES string of the molecule is O=Cc1cc2cc(C(=O)O)[nH]c2o1. The van der Waals surface area contributed by atoms with Crippen LogP contribution in [0.2, 0.25) is 0 Å². The van der Waals surface area contributed by atoms with E-state index < -0.39 is 5.97 Å². The van der Waals surface area contributed by atoms with Gasteiger partial charge in [0.25, 0.3) is 0 Å². The molecule has 2 heterocycles. The molecule has 0 bridgehead atoms. The largest absolute Gasteiger partial charge is 0.477 e. The summed E-state index contributed by atoms with van der Waals surface area (Å²) < 4.78 is 4.96. The topological polar surface area (TPSA) is 83.3 Å². The Morgan fingerprint density at radius 3 is 2.85 bits per heavy atom. The summed E-state index contributed by atoms with van der Waals surface area (Å²) in [5, 5.41) is 9.17. The number of hydrogen-bond acceptors (Lipinski definition) is 3. The van der Waals surface area contributed by atoms with Gasteiger partial charge in [0.15, 0.2) is 12.0 Å². The van der Waals surface area contributed by atoms with Crippen LogP contribution in [0.25, 0.3) is 11.1 Å². The normalized spacial score (nSPS) is 10.5. The highest BCUT2D eigenvalue weighted by atomic mass is 16.4. The average molecular weight is 179 g/mol. The zero-order valence-electron chi connectivity index (χ0n) is 6.40. The van der Waals surface area contributed by atoms with Gasteiger partial charge in [-0.05, 0) is 12.1 Å². The van der Waals surface area contributed by atoms with Crippen LogP contribution in [0.3, 0.4) is 0 Å². The van der Waals surface area contributed by atoms with Gasteiger partial charge in [0.2, 0.25) is 5.71 Å². The van der Waals surface area contributed by atoms with Crippen LogP contribution in [0.5, 0.6) is 0 Å². The number of aromatic amines is 1. The molecule has 0 unspecified atom stereocenters. The number of carbonyl (C=O) groups is 2. The monoisotopic (exact) mass is 179 g/mol. The maximum atomic E-state index is 10.5. The number of fused-ring (bicyclic) bond motifs is 1. The molecule has 2 rings (SSSR count). The van der Waals surface area contributed by atoms with E-state index in [2.05, 4.69) is 4.98 Å². The molecule has 0 aromatic carbocycles. The number of aromatic carboxylic acids is 1. The summed E-state index contributed by atoms with van der Waals surface area (Å²) in [5.74, 6) is -0.878. The van der Waals surface area contributed by atoms with Crippen molar-refractivity contribution in [3.8, 4) is 0 Å². The highest BCUT2D eigenvalue weighted by molar-refractivity contribution is 5.93. The van der Waals surface area contributed by atoms with E-state index in [1.807, 2.05) is 0 Å². The first-order chi connectivity index (χ1) is 6.20. The number of carbonyl (C=O) groups excluding carboxylic acids is 1. The number of nitrogens with one attached hydrogen (secondary N) is 1. The standard InChI is InChI=1S/C8H5NO4/c10-3-5-1-4-2-6(8(11)12)9-7(4)13-5/h1-3,9H,(H,11,12). The van der Waals surface area contributed by atoms with Crippen molar-refractivity contribution in [3.63, 3.8) is 0 Å². The molecule has 0 atom stereocenters. The fraction of sp³-hybridized carbons (Fsp3) is 0. The van der Waals surface area contributed by atoms with Crippen LogP contribution in [-0.2, 0) is 0 Å². The van der Waals surface area contributed by atoms with Crippen molar-refractivity contribution in [3.05, 3.63) is 23.6 Å². The van der Waals surface area contributed by atoms with Crippen LogP contribution >= 0.6 is 0 Å². The van der Waals surface area contributed by atoms with Gasteiger partial charge in [-0.3, -0.25) is 4.79 Å². The molecule has 0 aliphatic carbocycles. The molecule has 13 heavy (non-hydrogen) atoms. The predicted molar refractivity (Wildman–Crippen MR) is 42.9 cm³/mol. The summed E-state index contributed by atoms with van der Waals surface area (Å²) in [6.07, 6.45) is 0.564. The highest BCUT2D eigenvalue weighted by Gasteiger charge is 2.10. The van der Waals surface area contributed by atoms with Crippen LogP contribution in [0.15, 0.2) is 16.5 Å². The number of hydrogen-bond donors (Lipinski definition) is 2. The van der Waals surface area contributed by atoms with Gasteiger partial charge in [-0.2, -0.15) is 0 Å². The number of rotatable bonds is 2. The molecule has 0 radical (unpaired) electrons. The van der Waals surface area contributed by atoms with E-state index >= 15 is 0 Å².